The molecule has 3 unspecified atom stereocenters. The summed E-state index contributed by atoms with van der Waals surface area (Å²) in [5.74, 6) is 1.33. The fourth-order valence-corrected chi connectivity index (χ4v) is 4.60. The van der Waals surface area contributed by atoms with Gasteiger partial charge < -0.3 is 20.6 Å². The van der Waals surface area contributed by atoms with Gasteiger partial charge in [0.05, 0.1) is 6.10 Å². The number of aliphatic hydroxyl groups is 1. The van der Waals surface area contributed by atoms with Gasteiger partial charge in [0.15, 0.2) is 0 Å². The number of likely N-dealkylation sites (tertiary alicyclic amines) is 1. The minimum Gasteiger partial charge on any atom is -0.393 e. The van der Waals surface area contributed by atoms with Crippen LogP contribution in [0.3, 0.4) is 0 Å². The summed E-state index contributed by atoms with van der Waals surface area (Å²) in [6, 6.07) is 0.270. The van der Waals surface area contributed by atoms with Gasteiger partial charge in [0.25, 0.3) is 0 Å². The standard InChI is InChI=1S/C18H33N3O2/c22-17-7-3-6-15(10-17)11-19-18(23)20-16-8-9-21(13-16)12-14-4-1-2-5-14/h14-17,22H,1-13H2,(H2,19,20,23). The average molecular weight is 323 g/mol. The number of amides is 2. The molecule has 1 heterocycles. The zero-order chi connectivity index (χ0) is 16.1. The SMILES string of the molecule is O=C(NCC1CCCC(O)C1)NC1CCN(CC2CCCC2)C1. The van der Waals surface area contributed by atoms with Crippen LogP contribution in [0, 0.1) is 11.8 Å². The molecule has 2 saturated carbocycles. The van der Waals surface area contributed by atoms with E-state index in [2.05, 4.69) is 15.5 Å². The number of nitrogens with zero attached hydrogens (tertiary/aromatic N) is 1. The van der Waals surface area contributed by atoms with Crippen LogP contribution in [0.2, 0.25) is 0 Å². The summed E-state index contributed by atoms with van der Waals surface area (Å²) in [5, 5.41) is 15.8. The van der Waals surface area contributed by atoms with E-state index in [9.17, 15) is 9.90 Å². The smallest absolute Gasteiger partial charge is 0.315 e. The van der Waals surface area contributed by atoms with Crippen molar-refractivity contribution in [1.29, 1.82) is 0 Å². The second-order valence-electron chi connectivity index (χ2n) is 7.94. The van der Waals surface area contributed by atoms with E-state index >= 15 is 0 Å². The summed E-state index contributed by atoms with van der Waals surface area (Å²) in [4.78, 5) is 14.6. The number of hydrogen-bond acceptors (Lipinski definition) is 3. The lowest BCUT2D eigenvalue weighted by atomic mass is 9.87. The van der Waals surface area contributed by atoms with Gasteiger partial charge in [0, 0.05) is 32.2 Å². The van der Waals surface area contributed by atoms with Gasteiger partial charge in [-0.05, 0) is 50.4 Å². The van der Waals surface area contributed by atoms with Gasteiger partial charge in [0.2, 0.25) is 0 Å². The van der Waals surface area contributed by atoms with Gasteiger partial charge in [-0.15, -0.1) is 0 Å². The summed E-state index contributed by atoms with van der Waals surface area (Å²) >= 11 is 0. The van der Waals surface area contributed by atoms with Crippen molar-refractivity contribution in [3.8, 4) is 0 Å². The van der Waals surface area contributed by atoms with Crippen molar-refractivity contribution in [3.63, 3.8) is 0 Å². The molecule has 3 fully saturated rings. The Balaban J connectivity index is 1.30. The van der Waals surface area contributed by atoms with Gasteiger partial charge in [-0.25, -0.2) is 4.79 Å². The maximum absolute atomic E-state index is 12.1. The number of carbonyl (C=O) groups is 1. The van der Waals surface area contributed by atoms with Crippen LogP contribution in [0.1, 0.15) is 57.8 Å². The zero-order valence-corrected chi connectivity index (χ0v) is 14.3. The summed E-state index contributed by atoms with van der Waals surface area (Å²) < 4.78 is 0. The number of carbonyl (C=O) groups excluding carboxylic acids is 1. The molecule has 2 amide bonds. The van der Waals surface area contributed by atoms with Crippen LogP contribution in [-0.4, -0.2) is 54.4 Å². The van der Waals surface area contributed by atoms with Crippen LogP contribution in [0.4, 0.5) is 4.79 Å². The summed E-state index contributed by atoms with van der Waals surface area (Å²) in [7, 11) is 0. The first kappa shape index (κ1) is 17.0. The lowest BCUT2D eigenvalue weighted by molar-refractivity contribution is 0.101. The highest BCUT2D eigenvalue weighted by Crippen LogP contribution is 2.26. The number of aliphatic hydroxyl groups excluding tert-OH is 1. The molecule has 3 atom stereocenters. The first-order valence-corrected chi connectivity index (χ1v) is 9.64. The van der Waals surface area contributed by atoms with Crippen LogP contribution >= 0.6 is 0 Å². The van der Waals surface area contributed by atoms with E-state index in [0.717, 1.165) is 51.1 Å². The Kier molecular flexibility index (Phi) is 6.17. The van der Waals surface area contributed by atoms with Crippen molar-refractivity contribution >= 4 is 6.03 Å². The molecule has 132 valence electrons. The lowest BCUT2D eigenvalue weighted by Gasteiger charge is -2.26. The molecule has 0 aromatic rings. The molecule has 3 rings (SSSR count). The Labute approximate surface area is 140 Å². The highest BCUT2D eigenvalue weighted by Gasteiger charge is 2.27. The Morgan fingerprint density at radius 2 is 1.83 bits per heavy atom. The molecule has 5 heteroatoms. The van der Waals surface area contributed by atoms with Crippen molar-refractivity contribution in [2.75, 3.05) is 26.2 Å². The Morgan fingerprint density at radius 3 is 2.61 bits per heavy atom. The molecule has 3 aliphatic rings. The monoisotopic (exact) mass is 323 g/mol. The first-order chi connectivity index (χ1) is 11.2. The second kappa shape index (κ2) is 8.34. The highest BCUT2D eigenvalue weighted by atomic mass is 16.3. The molecule has 0 radical (unpaired) electrons. The normalized spacial score (nSPS) is 33.0. The van der Waals surface area contributed by atoms with Crippen molar-refractivity contribution < 1.29 is 9.90 Å². The number of urea groups is 1. The predicted molar refractivity (Wildman–Crippen MR) is 91.3 cm³/mol. The molecule has 23 heavy (non-hydrogen) atoms. The van der Waals surface area contributed by atoms with Gasteiger partial charge in [0.1, 0.15) is 0 Å². The second-order valence-corrected chi connectivity index (χ2v) is 7.94. The Hall–Kier alpha value is -0.810. The fraction of sp³-hybridized carbons (Fsp3) is 0.944. The number of rotatable bonds is 5. The third-order valence-electron chi connectivity index (χ3n) is 5.91. The van der Waals surface area contributed by atoms with E-state index in [1.807, 2.05) is 0 Å². The molecule has 5 nitrogen and oxygen atoms in total. The van der Waals surface area contributed by atoms with Gasteiger partial charge in [-0.1, -0.05) is 19.3 Å². The number of hydrogen-bond donors (Lipinski definition) is 3. The molecule has 2 aliphatic carbocycles. The third kappa shape index (κ3) is 5.35. The van der Waals surface area contributed by atoms with Gasteiger partial charge in [-0.2, -0.15) is 0 Å². The average Bonchev–Trinajstić information content (AvgIpc) is 3.18. The topological polar surface area (TPSA) is 64.6 Å². The quantitative estimate of drug-likeness (QED) is 0.726. The lowest BCUT2D eigenvalue weighted by Crippen LogP contribution is -2.45. The maximum Gasteiger partial charge on any atom is 0.315 e. The molecule has 0 aromatic carbocycles. The van der Waals surface area contributed by atoms with E-state index < -0.39 is 0 Å². The van der Waals surface area contributed by atoms with E-state index in [-0.39, 0.29) is 12.1 Å². The molecule has 0 bridgehead atoms. The summed E-state index contributed by atoms with van der Waals surface area (Å²) in [5.41, 5.74) is 0. The molecule has 0 aromatic heterocycles. The van der Waals surface area contributed by atoms with Crippen LogP contribution in [0.25, 0.3) is 0 Å². The van der Waals surface area contributed by atoms with Crippen LogP contribution in [-0.2, 0) is 0 Å². The van der Waals surface area contributed by atoms with Crippen molar-refractivity contribution in [1.82, 2.24) is 15.5 Å². The summed E-state index contributed by atoms with van der Waals surface area (Å²) in [6.07, 6.45) is 10.4. The molecule has 0 spiro atoms. The Bertz CT molecular complexity index is 384. The third-order valence-corrected chi connectivity index (χ3v) is 5.91. The summed E-state index contributed by atoms with van der Waals surface area (Å²) in [6.45, 7) is 4.05. The largest absolute Gasteiger partial charge is 0.393 e. The van der Waals surface area contributed by atoms with Crippen molar-refractivity contribution in [2.24, 2.45) is 11.8 Å². The van der Waals surface area contributed by atoms with Gasteiger partial charge in [-0.3, -0.25) is 0 Å². The van der Waals surface area contributed by atoms with E-state index in [0.29, 0.717) is 18.5 Å². The highest BCUT2D eigenvalue weighted by molar-refractivity contribution is 5.74. The maximum atomic E-state index is 12.1. The van der Waals surface area contributed by atoms with Crippen LogP contribution < -0.4 is 10.6 Å². The minimum atomic E-state index is -0.169. The van der Waals surface area contributed by atoms with Crippen LogP contribution in [0.5, 0.6) is 0 Å². The predicted octanol–water partition coefficient (Wildman–Crippen LogP) is 2.10. The molecular weight excluding hydrogens is 290 g/mol. The van der Waals surface area contributed by atoms with E-state index in [4.69, 9.17) is 0 Å². The molecule has 1 saturated heterocycles. The van der Waals surface area contributed by atoms with E-state index in [1.165, 1.54) is 32.2 Å². The fourth-order valence-electron chi connectivity index (χ4n) is 4.60. The van der Waals surface area contributed by atoms with Gasteiger partial charge >= 0.3 is 6.03 Å². The van der Waals surface area contributed by atoms with Crippen LogP contribution in [0.15, 0.2) is 0 Å². The van der Waals surface area contributed by atoms with Crippen molar-refractivity contribution in [2.45, 2.75) is 69.9 Å². The zero-order valence-electron chi connectivity index (χ0n) is 14.3. The minimum absolute atomic E-state index is 0.0298. The van der Waals surface area contributed by atoms with E-state index in [1.54, 1.807) is 0 Å². The Morgan fingerprint density at radius 1 is 1.04 bits per heavy atom. The first-order valence-electron chi connectivity index (χ1n) is 9.64. The van der Waals surface area contributed by atoms with Crippen molar-refractivity contribution in [3.05, 3.63) is 0 Å². The molecular formula is C18H33N3O2. The molecule has 3 N–H and O–H groups in total. The number of nitrogens with one attached hydrogen (secondary N) is 2. The molecule has 1 aliphatic heterocycles.